The Hall–Kier alpha value is -2.44. The minimum Gasteiger partial charge on any atom is -0.480 e. The number of rotatable bonds is 5. The summed E-state index contributed by atoms with van der Waals surface area (Å²) in [4.78, 5) is 14.3. The van der Waals surface area contributed by atoms with Crippen LogP contribution in [0.25, 0.3) is 0 Å². The van der Waals surface area contributed by atoms with Gasteiger partial charge in [-0.3, -0.25) is 9.78 Å². The molecule has 88 valence electrons. The molecule has 0 fully saturated rings. The number of carboxylic acid groups (broad SMARTS) is 1. The van der Waals surface area contributed by atoms with E-state index in [4.69, 9.17) is 5.11 Å². The fourth-order valence-corrected chi connectivity index (χ4v) is 1.30. The van der Waals surface area contributed by atoms with Crippen molar-refractivity contribution >= 4 is 11.7 Å². The van der Waals surface area contributed by atoms with Crippen LogP contribution < -0.4 is 5.32 Å². The Labute approximate surface area is 97.1 Å². The highest BCUT2D eigenvalue weighted by molar-refractivity contribution is 5.66. The van der Waals surface area contributed by atoms with Crippen LogP contribution in [0.5, 0.6) is 0 Å². The van der Waals surface area contributed by atoms with E-state index in [1.165, 1.54) is 4.68 Å². The molecule has 0 spiro atoms. The van der Waals surface area contributed by atoms with Crippen molar-refractivity contribution < 1.29 is 9.90 Å². The van der Waals surface area contributed by atoms with Crippen LogP contribution in [0.4, 0.5) is 5.69 Å². The summed E-state index contributed by atoms with van der Waals surface area (Å²) in [5, 5.41) is 19.3. The third kappa shape index (κ3) is 3.26. The number of hydrogen-bond donors (Lipinski definition) is 2. The monoisotopic (exact) mass is 233 g/mol. The highest BCUT2D eigenvalue weighted by atomic mass is 16.4. The zero-order valence-electron chi connectivity index (χ0n) is 8.95. The van der Waals surface area contributed by atoms with Crippen LogP contribution >= 0.6 is 0 Å². The maximum Gasteiger partial charge on any atom is 0.325 e. The first-order valence-electron chi connectivity index (χ1n) is 4.99. The quantitative estimate of drug-likeness (QED) is 0.775. The van der Waals surface area contributed by atoms with E-state index in [0.29, 0.717) is 12.2 Å². The normalized spacial score (nSPS) is 10.1. The Bertz CT molecular complexity index is 496. The summed E-state index contributed by atoms with van der Waals surface area (Å²) in [5.41, 5.74) is 1.61. The second kappa shape index (κ2) is 5.06. The predicted molar refractivity (Wildman–Crippen MR) is 59.2 cm³/mol. The molecule has 0 radical (unpaired) electrons. The smallest absolute Gasteiger partial charge is 0.325 e. The first-order valence-corrected chi connectivity index (χ1v) is 4.99. The third-order valence-electron chi connectivity index (χ3n) is 2.04. The Morgan fingerprint density at radius 1 is 1.41 bits per heavy atom. The van der Waals surface area contributed by atoms with Gasteiger partial charge in [0.05, 0.1) is 12.7 Å². The van der Waals surface area contributed by atoms with Crippen LogP contribution in [0.15, 0.2) is 30.7 Å². The van der Waals surface area contributed by atoms with Gasteiger partial charge in [-0.15, -0.1) is 5.10 Å². The molecule has 2 N–H and O–H groups in total. The van der Waals surface area contributed by atoms with Crippen molar-refractivity contribution in [2.24, 2.45) is 0 Å². The highest BCUT2D eigenvalue weighted by Gasteiger charge is 2.03. The lowest BCUT2D eigenvalue weighted by molar-refractivity contribution is -0.137. The Morgan fingerprint density at radius 2 is 2.18 bits per heavy atom. The van der Waals surface area contributed by atoms with Gasteiger partial charge in [-0.05, 0) is 12.1 Å². The molecule has 0 aliphatic rings. The van der Waals surface area contributed by atoms with Gasteiger partial charge in [0.2, 0.25) is 0 Å². The highest BCUT2D eigenvalue weighted by Crippen LogP contribution is 2.05. The molecule has 0 unspecified atom stereocenters. The SMILES string of the molecule is O=C(O)Cn1cc(CNc2ccncc2)nn1. The molecule has 0 amide bonds. The minimum atomic E-state index is -0.941. The number of aromatic nitrogens is 4. The van der Waals surface area contributed by atoms with E-state index in [0.717, 1.165) is 5.69 Å². The molecular weight excluding hydrogens is 222 g/mol. The van der Waals surface area contributed by atoms with Gasteiger partial charge in [0.25, 0.3) is 0 Å². The van der Waals surface area contributed by atoms with Gasteiger partial charge in [0, 0.05) is 18.1 Å². The second-order valence-corrected chi connectivity index (χ2v) is 3.39. The molecular formula is C10H11N5O2. The molecule has 2 heterocycles. The fourth-order valence-electron chi connectivity index (χ4n) is 1.30. The van der Waals surface area contributed by atoms with Crippen molar-refractivity contribution in [2.75, 3.05) is 5.32 Å². The van der Waals surface area contributed by atoms with Gasteiger partial charge in [0.15, 0.2) is 0 Å². The number of aliphatic carboxylic acids is 1. The van der Waals surface area contributed by atoms with Crippen LogP contribution in [0.1, 0.15) is 5.69 Å². The second-order valence-electron chi connectivity index (χ2n) is 3.39. The van der Waals surface area contributed by atoms with E-state index in [1.54, 1.807) is 18.6 Å². The summed E-state index contributed by atoms with van der Waals surface area (Å²) in [5.74, 6) is -0.941. The van der Waals surface area contributed by atoms with Crippen molar-refractivity contribution in [1.82, 2.24) is 20.0 Å². The molecule has 17 heavy (non-hydrogen) atoms. The lowest BCUT2D eigenvalue weighted by atomic mass is 10.4. The summed E-state index contributed by atoms with van der Waals surface area (Å²) in [7, 11) is 0. The van der Waals surface area contributed by atoms with Crippen LogP contribution in [0.2, 0.25) is 0 Å². The van der Waals surface area contributed by atoms with E-state index < -0.39 is 5.97 Å². The summed E-state index contributed by atoms with van der Waals surface area (Å²) in [6.07, 6.45) is 4.97. The zero-order chi connectivity index (χ0) is 12.1. The zero-order valence-corrected chi connectivity index (χ0v) is 8.95. The van der Waals surface area contributed by atoms with Gasteiger partial charge >= 0.3 is 5.97 Å². The molecule has 0 aromatic carbocycles. The van der Waals surface area contributed by atoms with Crippen molar-refractivity contribution in [1.29, 1.82) is 0 Å². The van der Waals surface area contributed by atoms with Gasteiger partial charge in [-0.25, -0.2) is 4.68 Å². The third-order valence-corrected chi connectivity index (χ3v) is 2.04. The standard InChI is InChI=1S/C10H11N5O2/c16-10(17)7-15-6-9(13-14-15)5-12-8-1-3-11-4-2-8/h1-4,6H,5,7H2,(H,11,12)(H,16,17). The molecule has 2 aromatic rings. The van der Waals surface area contributed by atoms with E-state index in [1.807, 2.05) is 12.1 Å². The Morgan fingerprint density at radius 3 is 2.88 bits per heavy atom. The first-order chi connectivity index (χ1) is 8.24. The number of carboxylic acids is 1. The van der Waals surface area contributed by atoms with Crippen LogP contribution in [-0.2, 0) is 17.9 Å². The maximum atomic E-state index is 10.4. The number of carbonyl (C=O) groups is 1. The van der Waals surface area contributed by atoms with Crippen molar-refractivity contribution in [3.63, 3.8) is 0 Å². The molecule has 0 aliphatic heterocycles. The van der Waals surface area contributed by atoms with Crippen LogP contribution in [-0.4, -0.2) is 31.1 Å². The molecule has 2 aromatic heterocycles. The van der Waals surface area contributed by atoms with E-state index in [9.17, 15) is 4.79 Å². The molecule has 0 bridgehead atoms. The van der Waals surface area contributed by atoms with Crippen molar-refractivity contribution in [3.05, 3.63) is 36.4 Å². The minimum absolute atomic E-state index is 0.178. The first kappa shape index (κ1) is 11.1. The summed E-state index contributed by atoms with van der Waals surface area (Å²) in [6, 6.07) is 3.67. The van der Waals surface area contributed by atoms with Gasteiger partial charge in [0.1, 0.15) is 12.2 Å². The number of pyridine rings is 1. The average Bonchev–Trinajstić information content (AvgIpc) is 2.75. The summed E-state index contributed by atoms with van der Waals surface area (Å²) >= 11 is 0. The maximum absolute atomic E-state index is 10.4. The lowest BCUT2D eigenvalue weighted by Gasteiger charge is -2.01. The van der Waals surface area contributed by atoms with E-state index in [-0.39, 0.29) is 6.54 Å². The summed E-state index contributed by atoms with van der Waals surface area (Å²) in [6.45, 7) is 0.311. The number of anilines is 1. The molecule has 0 atom stereocenters. The van der Waals surface area contributed by atoms with E-state index >= 15 is 0 Å². The average molecular weight is 233 g/mol. The van der Waals surface area contributed by atoms with Crippen LogP contribution in [0, 0.1) is 0 Å². The van der Waals surface area contributed by atoms with E-state index in [2.05, 4.69) is 20.6 Å². The predicted octanol–water partition coefficient (Wildman–Crippen LogP) is 0.370. The lowest BCUT2D eigenvalue weighted by Crippen LogP contribution is -2.09. The van der Waals surface area contributed by atoms with Gasteiger partial charge < -0.3 is 10.4 Å². The Balaban J connectivity index is 1.91. The molecule has 0 saturated heterocycles. The molecule has 0 saturated carbocycles. The number of hydrogen-bond acceptors (Lipinski definition) is 5. The Kier molecular flexibility index (Phi) is 3.29. The molecule has 7 nitrogen and oxygen atoms in total. The largest absolute Gasteiger partial charge is 0.480 e. The van der Waals surface area contributed by atoms with Gasteiger partial charge in [-0.1, -0.05) is 5.21 Å². The number of nitrogens with zero attached hydrogens (tertiary/aromatic N) is 4. The fraction of sp³-hybridized carbons (Fsp3) is 0.200. The molecule has 2 rings (SSSR count). The number of nitrogens with one attached hydrogen (secondary N) is 1. The molecule has 0 aliphatic carbocycles. The van der Waals surface area contributed by atoms with Crippen LogP contribution in [0.3, 0.4) is 0 Å². The van der Waals surface area contributed by atoms with Gasteiger partial charge in [-0.2, -0.15) is 0 Å². The molecule has 7 heteroatoms. The van der Waals surface area contributed by atoms with Crippen molar-refractivity contribution in [2.45, 2.75) is 13.1 Å². The topological polar surface area (TPSA) is 92.9 Å². The van der Waals surface area contributed by atoms with Crippen molar-refractivity contribution in [3.8, 4) is 0 Å². The summed E-state index contributed by atoms with van der Waals surface area (Å²) < 4.78 is 1.28.